The number of amides is 3. The molecule has 1 aliphatic carbocycles. The van der Waals surface area contributed by atoms with E-state index in [1.165, 1.54) is 29.2 Å². The van der Waals surface area contributed by atoms with Crippen molar-refractivity contribution in [3.8, 4) is 11.8 Å². The molecule has 2 aromatic rings. The van der Waals surface area contributed by atoms with Crippen molar-refractivity contribution in [1.82, 2.24) is 15.5 Å². The molecule has 2 saturated heterocycles. The van der Waals surface area contributed by atoms with Gasteiger partial charge >= 0.3 is 6.18 Å². The van der Waals surface area contributed by atoms with Crippen LogP contribution in [0.1, 0.15) is 46.8 Å². The van der Waals surface area contributed by atoms with Crippen molar-refractivity contribution in [1.29, 1.82) is 0 Å². The van der Waals surface area contributed by atoms with Crippen LogP contribution in [0.15, 0.2) is 47.4 Å². The SMILES string of the molecule is CS(=O)(=O)c1cccc(C(=O)N2[C@@H](C(=O)NC(c3ccc(C(F)(F)F)cc3F)C3CNC(=O)C3)C[C@H]3C#CC[C@H]32)c1. The van der Waals surface area contributed by atoms with Gasteiger partial charge in [-0.1, -0.05) is 18.1 Å². The molecular weight excluding hydrogens is 566 g/mol. The van der Waals surface area contributed by atoms with Crippen LogP contribution in [0.25, 0.3) is 0 Å². The summed E-state index contributed by atoms with van der Waals surface area (Å²) in [6.07, 6.45) is -3.41. The first-order valence-electron chi connectivity index (χ1n) is 12.8. The summed E-state index contributed by atoms with van der Waals surface area (Å²) in [6.45, 7) is 0.0621. The number of carbonyl (C=O) groups excluding carboxylic acids is 3. The van der Waals surface area contributed by atoms with Crippen molar-refractivity contribution in [3.63, 3.8) is 0 Å². The molecule has 8 nitrogen and oxygen atoms in total. The number of hydrogen-bond acceptors (Lipinski definition) is 5. The number of halogens is 4. The standard InChI is InChI=1S/C28H25F4N3O5S/c1-41(39,40)19-6-2-5-16(10-19)27(38)35-22-7-3-4-15(22)11-23(35)26(37)34-25(17-12-24(36)33-14-17)20-9-8-18(13-21(20)29)28(30,31)32/h2,5-6,8-10,13,15,17,22-23,25H,7,11-12,14H2,1H3,(H,33,36)(H,34,37)/t15-,17?,22-,23-,25?/m1/s1. The molecule has 0 saturated carbocycles. The minimum atomic E-state index is -4.78. The second kappa shape index (κ2) is 10.5. The van der Waals surface area contributed by atoms with Gasteiger partial charge in [0.1, 0.15) is 11.9 Å². The Labute approximate surface area is 233 Å². The third kappa shape index (κ3) is 5.66. The topological polar surface area (TPSA) is 113 Å². The molecule has 0 spiro atoms. The molecule has 0 radical (unpaired) electrons. The minimum absolute atomic E-state index is 0.0502. The normalized spacial score (nSPS) is 24.3. The fourth-order valence-electron chi connectivity index (χ4n) is 5.68. The highest BCUT2D eigenvalue weighted by Gasteiger charge is 2.48. The maximum absolute atomic E-state index is 15.1. The summed E-state index contributed by atoms with van der Waals surface area (Å²) >= 11 is 0. The summed E-state index contributed by atoms with van der Waals surface area (Å²) in [5.41, 5.74) is -1.36. The van der Waals surface area contributed by atoms with Crippen LogP contribution in [0.5, 0.6) is 0 Å². The first-order chi connectivity index (χ1) is 19.2. The van der Waals surface area contributed by atoms with Gasteiger partial charge in [0.2, 0.25) is 11.8 Å². The second-order valence-corrected chi connectivity index (χ2v) is 12.5. The summed E-state index contributed by atoms with van der Waals surface area (Å²) in [5, 5.41) is 5.30. The number of hydrogen-bond donors (Lipinski definition) is 2. The van der Waals surface area contributed by atoms with Crippen molar-refractivity contribution >= 4 is 27.6 Å². The number of fused-ring (bicyclic) bond motifs is 1. The molecule has 3 aliphatic rings. The van der Waals surface area contributed by atoms with E-state index in [1.54, 1.807) is 0 Å². The zero-order chi connectivity index (χ0) is 29.7. The van der Waals surface area contributed by atoms with Crippen LogP contribution in [-0.2, 0) is 25.6 Å². The Balaban J connectivity index is 1.47. The predicted molar refractivity (Wildman–Crippen MR) is 137 cm³/mol. The van der Waals surface area contributed by atoms with E-state index >= 15 is 4.39 Å². The van der Waals surface area contributed by atoms with Gasteiger partial charge < -0.3 is 15.5 Å². The fourth-order valence-corrected chi connectivity index (χ4v) is 6.35. The van der Waals surface area contributed by atoms with Crippen LogP contribution in [0, 0.1) is 29.5 Å². The third-order valence-corrected chi connectivity index (χ3v) is 8.83. The van der Waals surface area contributed by atoms with Crippen LogP contribution in [-0.4, -0.2) is 55.9 Å². The lowest BCUT2D eigenvalue weighted by atomic mass is 9.90. The molecule has 216 valence electrons. The molecular formula is C28H25F4N3O5S. The van der Waals surface area contributed by atoms with Crippen molar-refractivity contribution in [2.45, 2.75) is 48.5 Å². The van der Waals surface area contributed by atoms with E-state index in [2.05, 4.69) is 22.5 Å². The van der Waals surface area contributed by atoms with Crippen LogP contribution >= 0.6 is 0 Å². The molecule has 2 heterocycles. The van der Waals surface area contributed by atoms with Crippen molar-refractivity contribution < 1.29 is 40.4 Å². The molecule has 0 bridgehead atoms. The molecule has 41 heavy (non-hydrogen) atoms. The molecule has 3 amide bonds. The average molecular weight is 592 g/mol. The number of likely N-dealkylation sites (tertiary alicyclic amines) is 1. The van der Waals surface area contributed by atoms with E-state index in [9.17, 15) is 36.0 Å². The molecule has 13 heteroatoms. The molecule has 2 aliphatic heterocycles. The van der Waals surface area contributed by atoms with E-state index in [0.717, 1.165) is 12.3 Å². The van der Waals surface area contributed by atoms with Crippen LogP contribution in [0.3, 0.4) is 0 Å². The predicted octanol–water partition coefficient (Wildman–Crippen LogP) is 2.85. The van der Waals surface area contributed by atoms with Crippen molar-refractivity contribution in [3.05, 3.63) is 65.0 Å². The van der Waals surface area contributed by atoms with Crippen molar-refractivity contribution in [2.24, 2.45) is 11.8 Å². The van der Waals surface area contributed by atoms with Gasteiger partial charge in [0.25, 0.3) is 5.91 Å². The minimum Gasteiger partial charge on any atom is -0.356 e. The maximum atomic E-state index is 15.1. The molecule has 0 aromatic heterocycles. The Kier molecular flexibility index (Phi) is 7.31. The summed E-state index contributed by atoms with van der Waals surface area (Å²) < 4.78 is 78.7. The van der Waals surface area contributed by atoms with Gasteiger partial charge in [0, 0.05) is 48.6 Å². The first-order valence-corrected chi connectivity index (χ1v) is 14.7. The van der Waals surface area contributed by atoms with E-state index in [0.29, 0.717) is 18.6 Å². The van der Waals surface area contributed by atoms with E-state index in [4.69, 9.17) is 0 Å². The Morgan fingerprint density at radius 1 is 1.17 bits per heavy atom. The highest BCUT2D eigenvalue weighted by atomic mass is 32.2. The summed E-state index contributed by atoms with van der Waals surface area (Å²) in [5.74, 6) is 2.14. The quantitative estimate of drug-likeness (QED) is 0.397. The van der Waals surface area contributed by atoms with Crippen molar-refractivity contribution in [2.75, 3.05) is 12.8 Å². The zero-order valence-electron chi connectivity index (χ0n) is 21.7. The lowest BCUT2D eigenvalue weighted by Gasteiger charge is -2.31. The fraction of sp³-hybridized carbons (Fsp3) is 0.393. The average Bonchev–Trinajstić information content (AvgIpc) is 3.62. The summed E-state index contributed by atoms with van der Waals surface area (Å²) in [7, 11) is -3.62. The zero-order valence-corrected chi connectivity index (χ0v) is 22.5. The number of carbonyl (C=O) groups is 3. The van der Waals surface area contributed by atoms with Gasteiger partial charge in [-0.15, -0.1) is 5.92 Å². The molecule has 5 rings (SSSR count). The number of sulfone groups is 1. The second-order valence-electron chi connectivity index (χ2n) is 10.5. The largest absolute Gasteiger partial charge is 0.416 e. The number of alkyl halides is 3. The summed E-state index contributed by atoms with van der Waals surface area (Å²) in [6, 6.07) is 4.72. The van der Waals surface area contributed by atoms with Gasteiger partial charge in [-0.25, -0.2) is 12.8 Å². The van der Waals surface area contributed by atoms with E-state index in [1.807, 2.05) is 0 Å². The number of nitrogens with zero attached hydrogens (tertiary/aromatic N) is 1. The van der Waals surface area contributed by atoms with Gasteiger partial charge in [0.15, 0.2) is 9.84 Å². The van der Waals surface area contributed by atoms with Crippen LogP contribution < -0.4 is 10.6 Å². The monoisotopic (exact) mass is 591 g/mol. The summed E-state index contributed by atoms with van der Waals surface area (Å²) in [4.78, 5) is 40.7. The molecule has 2 fully saturated rings. The Morgan fingerprint density at radius 3 is 2.56 bits per heavy atom. The highest BCUT2D eigenvalue weighted by Crippen LogP contribution is 2.38. The molecule has 5 atom stereocenters. The van der Waals surface area contributed by atoms with Gasteiger partial charge in [-0.3, -0.25) is 14.4 Å². The Hall–Kier alpha value is -3.92. The van der Waals surface area contributed by atoms with Gasteiger partial charge in [-0.05, 0) is 36.8 Å². The van der Waals surface area contributed by atoms with E-state index < -0.39 is 63.3 Å². The smallest absolute Gasteiger partial charge is 0.356 e. The van der Waals surface area contributed by atoms with Gasteiger partial charge in [-0.2, -0.15) is 13.2 Å². The molecule has 2 aromatic carbocycles. The lowest BCUT2D eigenvalue weighted by Crippen LogP contribution is -2.50. The van der Waals surface area contributed by atoms with E-state index in [-0.39, 0.29) is 47.2 Å². The Morgan fingerprint density at radius 2 is 1.93 bits per heavy atom. The van der Waals surface area contributed by atoms with Crippen LogP contribution in [0.4, 0.5) is 17.6 Å². The lowest BCUT2D eigenvalue weighted by molar-refractivity contribution is -0.137. The highest BCUT2D eigenvalue weighted by molar-refractivity contribution is 7.90. The molecule has 2 unspecified atom stereocenters. The molecule has 2 N–H and O–H groups in total. The number of rotatable bonds is 6. The first kappa shape index (κ1) is 28.6. The number of benzene rings is 2. The van der Waals surface area contributed by atoms with Gasteiger partial charge in [0.05, 0.1) is 22.5 Å². The van der Waals surface area contributed by atoms with Crippen LogP contribution in [0.2, 0.25) is 0 Å². The third-order valence-electron chi connectivity index (χ3n) is 7.72. The number of nitrogens with one attached hydrogen (secondary N) is 2. The maximum Gasteiger partial charge on any atom is 0.416 e. The Bertz CT molecular complexity index is 1600.